The number of ether oxygens (including phenoxy) is 1. The van der Waals surface area contributed by atoms with Crippen molar-refractivity contribution in [3.63, 3.8) is 0 Å². The molecule has 0 unspecified atom stereocenters. The molecule has 0 atom stereocenters. The predicted octanol–water partition coefficient (Wildman–Crippen LogP) is 1.53. The zero-order chi connectivity index (χ0) is 9.42. The molecule has 0 amide bonds. The highest BCUT2D eigenvalue weighted by atomic mass is 16.5. The van der Waals surface area contributed by atoms with Gasteiger partial charge in [-0.1, -0.05) is 0 Å². The minimum absolute atomic E-state index is 0.269. The molecule has 2 rings (SSSR count). The van der Waals surface area contributed by atoms with Gasteiger partial charge in [0.05, 0.1) is 7.11 Å². The van der Waals surface area contributed by atoms with E-state index in [4.69, 9.17) is 9.84 Å². The second-order valence-electron chi connectivity index (χ2n) is 3.18. The lowest BCUT2D eigenvalue weighted by Crippen LogP contribution is -2.07. The fourth-order valence-corrected chi connectivity index (χ4v) is 1.47. The first-order valence-corrected chi connectivity index (χ1v) is 4.22. The van der Waals surface area contributed by atoms with Gasteiger partial charge in [-0.05, 0) is 18.9 Å². The van der Waals surface area contributed by atoms with Gasteiger partial charge in [-0.3, -0.25) is 0 Å². The fraction of sp³-hybridized carbons (Fsp3) is 0.444. The van der Waals surface area contributed by atoms with Crippen LogP contribution in [0.25, 0.3) is 0 Å². The van der Waals surface area contributed by atoms with Crippen molar-refractivity contribution in [2.45, 2.75) is 18.9 Å². The number of nitrogens with zero attached hydrogens (tertiary/aromatic N) is 1. The average Bonchev–Trinajstić information content (AvgIpc) is 2.84. The molecule has 1 aliphatic rings. The lowest BCUT2D eigenvalue weighted by atomic mass is 10.4. The van der Waals surface area contributed by atoms with Crippen molar-refractivity contribution in [3.8, 4) is 5.75 Å². The lowest BCUT2D eigenvalue weighted by Gasteiger charge is -2.04. The molecule has 70 valence electrons. The second-order valence-corrected chi connectivity index (χ2v) is 3.18. The molecule has 0 aromatic carbocycles. The highest BCUT2D eigenvalue weighted by Crippen LogP contribution is 2.38. The summed E-state index contributed by atoms with van der Waals surface area (Å²) in [5, 5.41) is 8.94. The monoisotopic (exact) mass is 181 g/mol. The van der Waals surface area contributed by atoms with Crippen LogP contribution in [-0.4, -0.2) is 22.8 Å². The van der Waals surface area contributed by atoms with E-state index in [9.17, 15) is 4.79 Å². The van der Waals surface area contributed by atoms with Gasteiger partial charge in [0.15, 0.2) is 11.4 Å². The number of carboxylic acid groups (broad SMARTS) is 1. The summed E-state index contributed by atoms with van der Waals surface area (Å²) in [5.74, 6) is -0.479. The Labute approximate surface area is 75.7 Å². The minimum Gasteiger partial charge on any atom is -0.494 e. The maximum absolute atomic E-state index is 10.9. The third-order valence-electron chi connectivity index (χ3n) is 2.24. The highest BCUT2D eigenvalue weighted by molar-refractivity contribution is 5.89. The van der Waals surface area contributed by atoms with E-state index < -0.39 is 5.97 Å². The van der Waals surface area contributed by atoms with E-state index >= 15 is 0 Å². The summed E-state index contributed by atoms with van der Waals surface area (Å²) >= 11 is 0. The first-order valence-electron chi connectivity index (χ1n) is 4.22. The summed E-state index contributed by atoms with van der Waals surface area (Å²) in [6.45, 7) is 0. The van der Waals surface area contributed by atoms with Crippen molar-refractivity contribution in [3.05, 3.63) is 18.0 Å². The van der Waals surface area contributed by atoms with Crippen LogP contribution in [0, 0.1) is 0 Å². The Kier molecular flexibility index (Phi) is 1.76. The molecule has 0 spiro atoms. The van der Waals surface area contributed by atoms with Gasteiger partial charge in [0.1, 0.15) is 0 Å². The minimum atomic E-state index is -0.922. The van der Waals surface area contributed by atoms with E-state index in [1.165, 1.54) is 7.11 Å². The molecule has 0 aliphatic heterocycles. The molecule has 0 bridgehead atoms. The van der Waals surface area contributed by atoms with Gasteiger partial charge in [-0.25, -0.2) is 4.79 Å². The third kappa shape index (κ3) is 1.28. The number of hydrogen-bond acceptors (Lipinski definition) is 2. The van der Waals surface area contributed by atoms with Crippen LogP contribution in [0.1, 0.15) is 29.4 Å². The van der Waals surface area contributed by atoms with E-state index in [-0.39, 0.29) is 5.69 Å². The van der Waals surface area contributed by atoms with Crippen LogP contribution in [0.15, 0.2) is 12.3 Å². The quantitative estimate of drug-likeness (QED) is 0.769. The third-order valence-corrected chi connectivity index (χ3v) is 2.24. The molecule has 1 saturated carbocycles. The van der Waals surface area contributed by atoms with E-state index in [0.717, 1.165) is 12.8 Å². The normalized spacial score (nSPS) is 15.8. The highest BCUT2D eigenvalue weighted by Gasteiger charge is 2.29. The molecule has 1 N–H and O–H groups in total. The molecule has 4 nitrogen and oxygen atoms in total. The first kappa shape index (κ1) is 8.16. The Balaban J connectivity index is 2.44. The van der Waals surface area contributed by atoms with E-state index in [2.05, 4.69) is 0 Å². The summed E-state index contributed by atoms with van der Waals surface area (Å²) in [7, 11) is 1.49. The van der Waals surface area contributed by atoms with Crippen molar-refractivity contribution < 1.29 is 14.6 Å². The predicted molar refractivity (Wildman–Crippen MR) is 46.2 cm³/mol. The van der Waals surface area contributed by atoms with Gasteiger partial charge >= 0.3 is 5.97 Å². The van der Waals surface area contributed by atoms with Crippen LogP contribution >= 0.6 is 0 Å². The van der Waals surface area contributed by atoms with Crippen LogP contribution in [-0.2, 0) is 0 Å². The Morgan fingerprint density at radius 2 is 2.38 bits per heavy atom. The Morgan fingerprint density at radius 1 is 1.69 bits per heavy atom. The van der Waals surface area contributed by atoms with Crippen LogP contribution in [0.5, 0.6) is 5.75 Å². The zero-order valence-corrected chi connectivity index (χ0v) is 7.36. The first-order chi connectivity index (χ1) is 6.24. The van der Waals surface area contributed by atoms with E-state index in [0.29, 0.717) is 11.8 Å². The smallest absolute Gasteiger partial charge is 0.356 e. The molecule has 1 fully saturated rings. The molecule has 1 aromatic heterocycles. The lowest BCUT2D eigenvalue weighted by molar-refractivity contribution is 0.0681. The van der Waals surface area contributed by atoms with E-state index in [1.807, 2.05) is 0 Å². The summed E-state index contributed by atoms with van der Waals surface area (Å²) in [6, 6.07) is 2.07. The van der Waals surface area contributed by atoms with Crippen LogP contribution in [0.3, 0.4) is 0 Å². The number of carbonyl (C=O) groups is 1. The Hall–Kier alpha value is -1.45. The molecule has 1 aromatic rings. The number of methoxy groups -OCH3 is 1. The molecule has 4 heteroatoms. The molecular weight excluding hydrogens is 170 g/mol. The maximum Gasteiger partial charge on any atom is 0.356 e. The SMILES string of the molecule is COc1ccn(C2CC2)c1C(=O)O. The number of aromatic carboxylic acids is 1. The second kappa shape index (κ2) is 2.80. The standard InChI is InChI=1S/C9H11NO3/c1-13-7-4-5-10(6-2-3-6)8(7)9(11)12/h4-6H,2-3H2,1H3,(H,11,12). The van der Waals surface area contributed by atoms with Crippen LogP contribution in [0.4, 0.5) is 0 Å². The Morgan fingerprint density at radius 3 is 2.85 bits per heavy atom. The maximum atomic E-state index is 10.9. The van der Waals surface area contributed by atoms with Gasteiger partial charge < -0.3 is 14.4 Å². The summed E-state index contributed by atoms with van der Waals surface area (Å²) in [6.07, 6.45) is 3.91. The van der Waals surface area contributed by atoms with Gasteiger partial charge in [0, 0.05) is 12.2 Å². The molecule has 0 radical (unpaired) electrons. The van der Waals surface area contributed by atoms with Crippen molar-refractivity contribution in [1.82, 2.24) is 4.57 Å². The molecule has 13 heavy (non-hydrogen) atoms. The fourth-order valence-electron chi connectivity index (χ4n) is 1.47. The topological polar surface area (TPSA) is 51.5 Å². The molecule has 1 aliphatic carbocycles. The van der Waals surface area contributed by atoms with Crippen LogP contribution < -0.4 is 4.74 Å². The molecular formula is C9H11NO3. The summed E-state index contributed by atoms with van der Waals surface area (Å²) in [5.41, 5.74) is 0.269. The largest absolute Gasteiger partial charge is 0.494 e. The number of carboxylic acids is 1. The summed E-state index contributed by atoms with van der Waals surface area (Å²) in [4.78, 5) is 10.9. The van der Waals surface area contributed by atoms with Crippen molar-refractivity contribution in [2.75, 3.05) is 7.11 Å². The average molecular weight is 181 g/mol. The van der Waals surface area contributed by atoms with Gasteiger partial charge in [-0.2, -0.15) is 0 Å². The number of rotatable bonds is 3. The van der Waals surface area contributed by atoms with Gasteiger partial charge in [0.25, 0.3) is 0 Å². The zero-order valence-electron chi connectivity index (χ0n) is 7.36. The van der Waals surface area contributed by atoms with Crippen molar-refractivity contribution >= 4 is 5.97 Å². The number of hydrogen-bond donors (Lipinski definition) is 1. The van der Waals surface area contributed by atoms with Crippen molar-refractivity contribution in [1.29, 1.82) is 0 Å². The molecule has 0 saturated heterocycles. The van der Waals surface area contributed by atoms with E-state index in [1.54, 1.807) is 16.8 Å². The Bertz CT molecular complexity index is 339. The van der Waals surface area contributed by atoms with Gasteiger partial charge in [0.2, 0.25) is 0 Å². The molecule has 1 heterocycles. The van der Waals surface area contributed by atoms with Crippen LogP contribution in [0.2, 0.25) is 0 Å². The summed E-state index contributed by atoms with van der Waals surface area (Å²) < 4.78 is 6.74. The number of aromatic nitrogens is 1. The van der Waals surface area contributed by atoms with Crippen molar-refractivity contribution in [2.24, 2.45) is 0 Å². The van der Waals surface area contributed by atoms with Gasteiger partial charge in [-0.15, -0.1) is 0 Å².